The number of aromatic amines is 1. The second-order valence-corrected chi connectivity index (χ2v) is 4.50. The average molecular weight is 297 g/mol. The summed E-state index contributed by atoms with van der Waals surface area (Å²) in [7, 11) is 1.64. The van der Waals surface area contributed by atoms with Crippen LogP contribution in [0, 0.1) is 0 Å². The van der Waals surface area contributed by atoms with E-state index in [9.17, 15) is 0 Å². The summed E-state index contributed by atoms with van der Waals surface area (Å²) in [5, 5.41) is 6.56. The molecule has 90 valence electrons. The van der Waals surface area contributed by atoms with Crippen molar-refractivity contribution in [1.82, 2.24) is 15.2 Å². The maximum atomic E-state index is 6.01. The van der Waals surface area contributed by atoms with Gasteiger partial charge in [-0.05, 0) is 40.0 Å². The van der Waals surface area contributed by atoms with E-state index < -0.39 is 0 Å². The number of methoxy groups -OCH3 is 1. The van der Waals surface area contributed by atoms with Crippen molar-refractivity contribution in [2.24, 2.45) is 5.73 Å². The minimum atomic E-state index is -0.183. The van der Waals surface area contributed by atoms with Gasteiger partial charge in [0.15, 0.2) is 0 Å². The van der Waals surface area contributed by atoms with Crippen molar-refractivity contribution in [1.29, 1.82) is 0 Å². The number of rotatable bonds is 4. The molecule has 0 aliphatic carbocycles. The highest BCUT2D eigenvalue weighted by Gasteiger charge is 2.11. The van der Waals surface area contributed by atoms with Gasteiger partial charge in [-0.15, -0.1) is 0 Å². The van der Waals surface area contributed by atoms with E-state index >= 15 is 0 Å². The Kier molecular flexibility index (Phi) is 3.75. The van der Waals surface area contributed by atoms with E-state index in [2.05, 4.69) is 31.1 Å². The molecular weight excluding hydrogens is 284 g/mol. The van der Waals surface area contributed by atoms with Gasteiger partial charge in [0.1, 0.15) is 17.9 Å². The van der Waals surface area contributed by atoms with Crippen LogP contribution in [-0.4, -0.2) is 22.3 Å². The number of aromatic nitrogens is 3. The van der Waals surface area contributed by atoms with Crippen molar-refractivity contribution in [3.63, 3.8) is 0 Å². The summed E-state index contributed by atoms with van der Waals surface area (Å²) in [5.41, 5.74) is 7.12. The Balaban J connectivity index is 2.11. The lowest BCUT2D eigenvalue weighted by atomic mass is 10.1. The first-order valence-corrected chi connectivity index (χ1v) is 5.93. The molecule has 2 aromatic rings. The third-order valence-corrected chi connectivity index (χ3v) is 3.08. The van der Waals surface area contributed by atoms with E-state index in [-0.39, 0.29) is 6.04 Å². The molecule has 0 aliphatic rings. The highest BCUT2D eigenvalue weighted by molar-refractivity contribution is 9.10. The molecule has 1 unspecified atom stereocenters. The SMILES string of the molecule is COc1ccc(CC(N)c2ncn[nH]2)cc1Br. The summed E-state index contributed by atoms with van der Waals surface area (Å²) in [6, 6.07) is 5.71. The number of halogens is 1. The Hall–Kier alpha value is -1.40. The minimum absolute atomic E-state index is 0.183. The number of nitrogens with two attached hydrogens (primary N) is 1. The van der Waals surface area contributed by atoms with Gasteiger partial charge in [0.2, 0.25) is 0 Å². The summed E-state index contributed by atoms with van der Waals surface area (Å²) in [6.45, 7) is 0. The van der Waals surface area contributed by atoms with Crippen LogP contribution in [0.5, 0.6) is 5.75 Å². The number of ether oxygens (including phenoxy) is 1. The van der Waals surface area contributed by atoms with Crippen molar-refractivity contribution in [2.45, 2.75) is 12.5 Å². The number of benzene rings is 1. The minimum Gasteiger partial charge on any atom is -0.496 e. The molecule has 0 saturated heterocycles. The van der Waals surface area contributed by atoms with Crippen LogP contribution in [-0.2, 0) is 6.42 Å². The molecule has 3 N–H and O–H groups in total. The summed E-state index contributed by atoms with van der Waals surface area (Å²) in [5.74, 6) is 1.50. The van der Waals surface area contributed by atoms with Crippen LogP contribution in [0.3, 0.4) is 0 Å². The molecule has 0 amide bonds. The second-order valence-electron chi connectivity index (χ2n) is 3.65. The largest absolute Gasteiger partial charge is 0.496 e. The van der Waals surface area contributed by atoms with E-state index in [0.29, 0.717) is 12.2 Å². The number of hydrogen-bond donors (Lipinski definition) is 2. The Morgan fingerprint density at radius 2 is 2.35 bits per heavy atom. The van der Waals surface area contributed by atoms with E-state index in [1.54, 1.807) is 7.11 Å². The Labute approximate surface area is 108 Å². The van der Waals surface area contributed by atoms with Gasteiger partial charge in [-0.25, -0.2) is 4.98 Å². The van der Waals surface area contributed by atoms with Gasteiger partial charge in [-0.3, -0.25) is 5.10 Å². The van der Waals surface area contributed by atoms with E-state index in [4.69, 9.17) is 10.5 Å². The molecule has 1 atom stereocenters. The zero-order chi connectivity index (χ0) is 12.3. The van der Waals surface area contributed by atoms with Gasteiger partial charge in [0.25, 0.3) is 0 Å². The summed E-state index contributed by atoms with van der Waals surface area (Å²) in [4.78, 5) is 4.04. The molecule has 0 radical (unpaired) electrons. The van der Waals surface area contributed by atoms with Crippen molar-refractivity contribution < 1.29 is 4.74 Å². The first-order chi connectivity index (χ1) is 8.20. The molecular formula is C11H13BrN4O. The number of nitrogens with zero attached hydrogens (tertiary/aromatic N) is 2. The number of nitrogens with one attached hydrogen (secondary N) is 1. The molecule has 5 nitrogen and oxygen atoms in total. The standard InChI is InChI=1S/C11H13BrN4O/c1-17-10-3-2-7(4-8(10)12)5-9(13)11-14-6-15-16-11/h2-4,6,9H,5,13H2,1H3,(H,14,15,16). The fourth-order valence-electron chi connectivity index (χ4n) is 1.58. The third-order valence-electron chi connectivity index (χ3n) is 2.46. The molecule has 2 rings (SSSR count). The second kappa shape index (κ2) is 5.29. The van der Waals surface area contributed by atoms with Gasteiger partial charge >= 0.3 is 0 Å². The molecule has 0 spiro atoms. The molecule has 1 aromatic carbocycles. The van der Waals surface area contributed by atoms with Gasteiger partial charge in [-0.2, -0.15) is 5.10 Å². The monoisotopic (exact) mass is 296 g/mol. The number of H-pyrrole nitrogens is 1. The van der Waals surface area contributed by atoms with Crippen LogP contribution in [0.15, 0.2) is 29.0 Å². The van der Waals surface area contributed by atoms with Crippen molar-refractivity contribution in [2.75, 3.05) is 7.11 Å². The van der Waals surface area contributed by atoms with Gasteiger partial charge in [0, 0.05) is 0 Å². The maximum Gasteiger partial charge on any atom is 0.141 e. The Bertz CT molecular complexity index is 486. The predicted octanol–water partition coefficient (Wildman–Crippen LogP) is 1.82. The highest BCUT2D eigenvalue weighted by atomic mass is 79.9. The van der Waals surface area contributed by atoms with Crippen LogP contribution in [0.2, 0.25) is 0 Å². The predicted molar refractivity (Wildman–Crippen MR) is 67.7 cm³/mol. The van der Waals surface area contributed by atoms with Crippen molar-refractivity contribution in [3.8, 4) is 5.75 Å². The molecule has 17 heavy (non-hydrogen) atoms. The number of hydrogen-bond acceptors (Lipinski definition) is 4. The smallest absolute Gasteiger partial charge is 0.141 e. The van der Waals surface area contributed by atoms with Crippen LogP contribution < -0.4 is 10.5 Å². The Morgan fingerprint density at radius 3 is 2.94 bits per heavy atom. The lowest BCUT2D eigenvalue weighted by molar-refractivity contribution is 0.412. The zero-order valence-corrected chi connectivity index (χ0v) is 10.9. The van der Waals surface area contributed by atoms with E-state index in [1.807, 2.05) is 18.2 Å². The normalized spacial score (nSPS) is 12.4. The molecule has 0 saturated carbocycles. The lowest BCUT2D eigenvalue weighted by Crippen LogP contribution is -2.15. The zero-order valence-electron chi connectivity index (χ0n) is 9.35. The first kappa shape index (κ1) is 12.1. The van der Waals surface area contributed by atoms with Gasteiger partial charge in [0.05, 0.1) is 17.6 Å². The summed E-state index contributed by atoms with van der Waals surface area (Å²) < 4.78 is 6.09. The van der Waals surface area contributed by atoms with Crippen LogP contribution in [0.1, 0.15) is 17.4 Å². The molecule has 0 bridgehead atoms. The first-order valence-electron chi connectivity index (χ1n) is 5.14. The molecule has 1 heterocycles. The molecule has 0 fully saturated rings. The summed E-state index contributed by atoms with van der Waals surface area (Å²) >= 11 is 3.44. The van der Waals surface area contributed by atoms with E-state index in [0.717, 1.165) is 15.8 Å². The average Bonchev–Trinajstić information content (AvgIpc) is 2.82. The highest BCUT2D eigenvalue weighted by Crippen LogP contribution is 2.26. The third kappa shape index (κ3) is 2.83. The fraction of sp³-hybridized carbons (Fsp3) is 0.273. The molecule has 0 aliphatic heterocycles. The van der Waals surface area contributed by atoms with Crippen molar-refractivity contribution >= 4 is 15.9 Å². The lowest BCUT2D eigenvalue weighted by Gasteiger charge is -2.10. The quantitative estimate of drug-likeness (QED) is 0.902. The summed E-state index contributed by atoms with van der Waals surface area (Å²) in [6.07, 6.45) is 2.15. The van der Waals surface area contributed by atoms with Crippen LogP contribution in [0.4, 0.5) is 0 Å². The molecule has 6 heteroatoms. The maximum absolute atomic E-state index is 6.01. The molecule has 1 aromatic heterocycles. The van der Waals surface area contributed by atoms with Crippen LogP contribution in [0.25, 0.3) is 0 Å². The van der Waals surface area contributed by atoms with Gasteiger partial charge < -0.3 is 10.5 Å². The Morgan fingerprint density at radius 1 is 1.53 bits per heavy atom. The van der Waals surface area contributed by atoms with Crippen LogP contribution >= 0.6 is 15.9 Å². The fourth-order valence-corrected chi connectivity index (χ4v) is 2.17. The topological polar surface area (TPSA) is 76.8 Å². The van der Waals surface area contributed by atoms with Crippen molar-refractivity contribution in [3.05, 3.63) is 40.4 Å². The van der Waals surface area contributed by atoms with E-state index in [1.165, 1.54) is 6.33 Å². The van der Waals surface area contributed by atoms with Gasteiger partial charge in [-0.1, -0.05) is 6.07 Å².